The van der Waals surface area contributed by atoms with Gasteiger partial charge in [0.25, 0.3) is 0 Å². The molecule has 0 bridgehead atoms. The number of alkyl halides is 6. The first-order valence-electron chi connectivity index (χ1n) is 13.1. The lowest BCUT2D eigenvalue weighted by atomic mass is 9.88. The Kier molecular flexibility index (Phi) is 8.38. The van der Waals surface area contributed by atoms with E-state index in [2.05, 4.69) is 0 Å². The van der Waals surface area contributed by atoms with Gasteiger partial charge < -0.3 is 14.4 Å². The van der Waals surface area contributed by atoms with E-state index in [4.69, 9.17) is 9.47 Å². The van der Waals surface area contributed by atoms with Gasteiger partial charge in [0, 0.05) is 37.3 Å². The SMILES string of the molecule is CCOC(=O)N1c2cc3c(cc2[C@@H](N(Cc2cc(C(F)(F)F)cc(C(F)(F)F)c2)C(=O)OC)C[C@H]1C)N(C(C)=O)CC3. The first-order chi connectivity index (χ1) is 19.6. The fourth-order valence-electron chi connectivity index (χ4n) is 5.53. The zero-order valence-electron chi connectivity index (χ0n) is 23.2. The molecule has 0 saturated heterocycles. The number of ether oxygens (including phenoxy) is 2. The number of hydrogen-bond acceptors (Lipinski definition) is 5. The molecule has 0 spiro atoms. The predicted molar refractivity (Wildman–Crippen MR) is 139 cm³/mol. The normalized spacial score (nSPS) is 18.3. The Bertz CT molecular complexity index is 1360. The van der Waals surface area contributed by atoms with Gasteiger partial charge in [-0.25, -0.2) is 9.59 Å². The highest BCUT2D eigenvalue weighted by atomic mass is 19.4. The van der Waals surface area contributed by atoms with Crippen molar-refractivity contribution in [3.63, 3.8) is 0 Å². The monoisotopic (exact) mass is 601 g/mol. The molecule has 2 aromatic rings. The number of fused-ring (bicyclic) bond motifs is 2. The Morgan fingerprint density at radius 2 is 1.60 bits per heavy atom. The second-order valence-electron chi connectivity index (χ2n) is 10.1. The van der Waals surface area contributed by atoms with Crippen LogP contribution in [0.5, 0.6) is 0 Å². The van der Waals surface area contributed by atoms with Crippen LogP contribution in [0.2, 0.25) is 0 Å². The summed E-state index contributed by atoms with van der Waals surface area (Å²) in [6.45, 7) is 4.49. The summed E-state index contributed by atoms with van der Waals surface area (Å²) >= 11 is 0. The molecule has 14 heteroatoms. The number of methoxy groups -OCH3 is 1. The number of carbonyl (C=O) groups excluding carboxylic acids is 3. The van der Waals surface area contributed by atoms with Crippen molar-refractivity contribution in [2.75, 3.05) is 30.1 Å². The van der Waals surface area contributed by atoms with E-state index in [9.17, 15) is 40.7 Å². The highest BCUT2D eigenvalue weighted by Crippen LogP contribution is 2.46. The van der Waals surface area contributed by atoms with Gasteiger partial charge in [-0.2, -0.15) is 26.3 Å². The van der Waals surface area contributed by atoms with Crippen LogP contribution in [0, 0.1) is 0 Å². The summed E-state index contributed by atoms with van der Waals surface area (Å²) < 4.78 is 91.5. The van der Waals surface area contributed by atoms with Crippen molar-refractivity contribution < 1.29 is 50.2 Å². The third kappa shape index (κ3) is 5.97. The maximum absolute atomic E-state index is 13.6. The Labute approximate surface area is 237 Å². The van der Waals surface area contributed by atoms with Crippen molar-refractivity contribution in [1.29, 1.82) is 0 Å². The molecule has 2 aromatic carbocycles. The van der Waals surface area contributed by atoms with Crippen LogP contribution in [0.25, 0.3) is 0 Å². The molecular weight excluding hydrogens is 572 g/mol. The minimum Gasteiger partial charge on any atom is -0.453 e. The Hall–Kier alpha value is -3.97. The molecule has 42 heavy (non-hydrogen) atoms. The van der Waals surface area contributed by atoms with Crippen LogP contribution in [-0.2, 0) is 39.6 Å². The number of hydrogen-bond donors (Lipinski definition) is 0. The van der Waals surface area contributed by atoms with Gasteiger partial charge in [-0.15, -0.1) is 0 Å². The summed E-state index contributed by atoms with van der Waals surface area (Å²) in [5.74, 6) is -0.245. The lowest BCUT2D eigenvalue weighted by molar-refractivity contribution is -0.143. The number of rotatable bonds is 4. The molecule has 228 valence electrons. The van der Waals surface area contributed by atoms with Gasteiger partial charge in [-0.3, -0.25) is 14.6 Å². The molecule has 2 aliphatic rings. The van der Waals surface area contributed by atoms with E-state index < -0.39 is 59.9 Å². The van der Waals surface area contributed by atoms with Crippen molar-refractivity contribution in [3.8, 4) is 0 Å². The van der Waals surface area contributed by atoms with Gasteiger partial charge in [0.05, 0.1) is 36.6 Å². The molecule has 2 atom stereocenters. The number of amides is 3. The van der Waals surface area contributed by atoms with Crippen molar-refractivity contribution in [1.82, 2.24) is 4.90 Å². The van der Waals surface area contributed by atoms with Crippen LogP contribution >= 0.6 is 0 Å². The lowest BCUT2D eigenvalue weighted by Crippen LogP contribution is -2.47. The zero-order chi connectivity index (χ0) is 31.1. The van der Waals surface area contributed by atoms with Gasteiger partial charge in [0.2, 0.25) is 5.91 Å². The van der Waals surface area contributed by atoms with E-state index >= 15 is 0 Å². The molecule has 0 saturated carbocycles. The second kappa shape index (κ2) is 11.4. The summed E-state index contributed by atoms with van der Waals surface area (Å²) in [6.07, 6.45) is -11.3. The molecule has 0 fully saturated rings. The Balaban J connectivity index is 1.88. The van der Waals surface area contributed by atoms with Crippen LogP contribution in [0.3, 0.4) is 0 Å². The Morgan fingerprint density at radius 3 is 2.12 bits per heavy atom. The van der Waals surface area contributed by atoms with Gasteiger partial charge in [-0.05, 0) is 68.1 Å². The summed E-state index contributed by atoms with van der Waals surface area (Å²) in [7, 11) is 1.04. The summed E-state index contributed by atoms with van der Waals surface area (Å²) in [6, 6.07) is 2.93. The van der Waals surface area contributed by atoms with Crippen molar-refractivity contribution in [3.05, 3.63) is 58.1 Å². The highest BCUT2D eigenvalue weighted by Gasteiger charge is 2.42. The number of anilines is 2. The topological polar surface area (TPSA) is 79.4 Å². The predicted octanol–water partition coefficient (Wildman–Crippen LogP) is 6.70. The van der Waals surface area contributed by atoms with Crippen LogP contribution in [0.15, 0.2) is 30.3 Å². The number of benzene rings is 2. The first kappa shape index (κ1) is 31.0. The standard InChI is InChI=1S/C28H29F6N3O5/c1-5-42-26(40)37-15(2)8-23(21-13-22-18(11-24(21)37)6-7-35(22)16(3)38)36(25(39)41-4)14-17-9-19(27(29,30)31)12-20(10-17)28(32,33)34/h9-13,15,23H,5-8,14H2,1-4H3/t15-,23+/m1/s1. The molecule has 3 amide bonds. The van der Waals surface area contributed by atoms with E-state index in [1.54, 1.807) is 26.0 Å². The molecule has 2 heterocycles. The van der Waals surface area contributed by atoms with Gasteiger partial charge in [0.1, 0.15) is 0 Å². The number of nitrogens with zero attached hydrogens (tertiary/aromatic N) is 3. The van der Waals surface area contributed by atoms with Crippen LogP contribution in [0.1, 0.15) is 61.1 Å². The third-order valence-electron chi connectivity index (χ3n) is 7.38. The molecule has 2 aliphatic heterocycles. The highest BCUT2D eigenvalue weighted by molar-refractivity contribution is 5.96. The second-order valence-corrected chi connectivity index (χ2v) is 10.1. The Morgan fingerprint density at radius 1 is 0.976 bits per heavy atom. The third-order valence-corrected chi connectivity index (χ3v) is 7.38. The van der Waals surface area contributed by atoms with E-state index in [-0.39, 0.29) is 25.0 Å². The van der Waals surface area contributed by atoms with Crippen molar-refractivity contribution >= 4 is 29.5 Å². The molecule has 0 N–H and O–H groups in total. The van der Waals surface area contributed by atoms with Gasteiger partial charge in [0.15, 0.2) is 0 Å². The van der Waals surface area contributed by atoms with Gasteiger partial charge in [-0.1, -0.05) is 0 Å². The minimum absolute atomic E-state index is 0.0147. The van der Waals surface area contributed by atoms with Crippen molar-refractivity contribution in [2.24, 2.45) is 0 Å². The molecular formula is C28H29F6N3O5. The molecule has 8 nitrogen and oxygen atoms in total. The molecule has 0 unspecified atom stereocenters. The van der Waals surface area contributed by atoms with Crippen LogP contribution in [0.4, 0.5) is 47.3 Å². The lowest BCUT2D eigenvalue weighted by Gasteiger charge is -2.43. The molecule has 4 rings (SSSR count). The average molecular weight is 602 g/mol. The quantitative estimate of drug-likeness (QED) is 0.365. The fourth-order valence-corrected chi connectivity index (χ4v) is 5.53. The maximum Gasteiger partial charge on any atom is 0.416 e. The minimum atomic E-state index is -5.07. The smallest absolute Gasteiger partial charge is 0.416 e. The van der Waals surface area contributed by atoms with Crippen LogP contribution < -0.4 is 9.80 Å². The van der Waals surface area contributed by atoms with E-state index in [0.29, 0.717) is 42.0 Å². The maximum atomic E-state index is 13.6. The summed E-state index contributed by atoms with van der Waals surface area (Å²) in [5, 5.41) is 0. The first-order valence-corrected chi connectivity index (χ1v) is 13.1. The fraction of sp³-hybridized carbons (Fsp3) is 0.464. The number of carbonyl (C=O) groups is 3. The largest absolute Gasteiger partial charge is 0.453 e. The summed E-state index contributed by atoms with van der Waals surface area (Å²) in [4.78, 5) is 42.3. The van der Waals surface area contributed by atoms with E-state index in [1.807, 2.05) is 0 Å². The van der Waals surface area contributed by atoms with E-state index in [1.165, 1.54) is 16.7 Å². The number of halogens is 6. The summed E-state index contributed by atoms with van der Waals surface area (Å²) in [5.41, 5.74) is -1.44. The van der Waals surface area contributed by atoms with Gasteiger partial charge >= 0.3 is 24.5 Å². The van der Waals surface area contributed by atoms with Crippen LogP contribution in [-0.4, -0.2) is 49.3 Å². The molecule has 0 aliphatic carbocycles. The zero-order valence-corrected chi connectivity index (χ0v) is 23.2. The average Bonchev–Trinajstić information content (AvgIpc) is 3.32. The van der Waals surface area contributed by atoms with Crippen molar-refractivity contribution in [2.45, 2.75) is 64.6 Å². The molecule has 0 radical (unpaired) electrons. The molecule has 0 aromatic heterocycles. The van der Waals surface area contributed by atoms with E-state index in [0.717, 1.165) is 17.6 Å².